The predicted octanol–water partition coefficient (Wildman–Crippen LogP) is 0.759. The minimum Gasteiger partial charge on any atom is -0.486 e. The molecule has 1 atom stereocenters. The number of amides is 1. The summed E-state index contributed by atoms with van der Waals surface area (Å²) in [4.78, 5) is 13.3. The van der Waals surface area contributed by atoms with E-state index >= 15 is 0 Å². The van der Waals surface area contributed by atoms with Gasteiger partial charge in [0.15, 0.2) is 11.5 Å². The highest BCUT2D eigenvalue weighted by molar-refractivity contribution is 7.85. The molecule has 1 amide bonds. The van der Waals surface area contributed by atoms with Gasteiger partial charge in [0.2, 0.25) is 0 Å². The summed E-state index contributed by atoms with van der Waals surface area (Å²) in [5.74, 6) is 1.19. The third kappa shape index (κ3) is 3.25. The molecular formula is C13H15NO7S. The fourth-order valence-electron chi connectivity index (χ4n) is 2.22. The van der Waals surface area contributed by atoms with Crippen molar-refractivity contribution < 1.29 is 31.6 Å². The highest BCUT2D eigenvalue weighted by Crippen LogP contribution is 2.35. The zero-order valence-corrected chi connectivity index (χ0v) is 12.7. The molecule has 1 fully saturated rings. The summed E-state index contributed by atoms with van der Waals surface area (Å²) in [6, 6.07) is 5.13. The summed E-state index contributed by atoms with van der Waals surface area (Å²) in [5, 5.41) is 0. The molecule has 1 aromatic rings. The van der Waals surface area contributed by atoms with Crippen molar-refractivity contribution in [3.8, 4) is 11.5 Å². The van der Waals surface area contributed by atoms with Crippen LogP contribution in [0.15, 0.2) is 18.2 Å². The van der Waals surface area contributed by atoms with Gasteiger partial charge in [-0.25, -0.2) is 4.79 Å². The van der Waals surface area contributed by atoms with Gasteiger partial charge in [-0.15, -0.1) is 0 Å². The molecule has 0 aliphatic carbocycles. The molecule has 0 spiro atoms. The molecule has 0 radical (unpaired) electrons. The monoisotopic (exact) mass is 329 g/mol. The Balaban J connectivity index is 1.71. The van der Waals surface area contributed by atoms with Crippen molar-refractivity contribution in [3.63, 3.8) is 0 Å². The number of carbonyl (C=O) groups excluding carboxylic acids is 1. The van der Waals surface area contributed by atoms with Crippen LogP contribution in [-0.2, 0) is 19.0 Å². The molecule has 9 heteroatoms. The fraction of sp³-hybridized carbons (Fsp3) is 0.462. The summed E-state index contributed by atoms with van der Waals surface area (Å²) >= 11 is 0. The molecule has 0 bridgehead atoms. The van der Waals surface area contributed by atoms with Gasteiger partial charge in [-0.05, 0) is 12.1 Å². The van der Waals surface area contributed by atoms with Gasteiger partial charge in [0, 0.05) is 6.07 Å². The number of fused-ring (bicyclic) bond motifs is 1. The molecule has 0 N–H and O–H groups in total. The molecule has 8 nitrogen and oxygen atoms in total. The third-order valence-electron chi connectivity index (χ3n) is 3.18. The van der Waals surface area contributed by atoms with Crippen LogP contribution in [0.3, 0.4) is 0 Å². The molecule has 3 rings (SSSR count). The van der Waals surface area contributed by atoms with Crippen molar-refractivity contribution in [3.05, 3.63) is 18.2 Å². The number of benzene rings is 1. The first-order valence-electron chi connectivity index (χ1n) is 6.64. The van der Waals surface area contributed by atoms with E-state index in [0.717, 1.165) is 6.26 Å². The smallest absolute Gasteiger partial charge is 0.414 e. The average Bonchev–Trinajstić information content (AvgIpc) is 2.85. The maximum absolute atomic E-state index is 11.9. The highest BCUT2D eigenvalue weighted by atomic mass is 32.2. The Morgan fingerprint density at radius 2 is 2.00 bits per heavy atom. The lowest BCUT2D eigenvalue weighted by atomic mass is 10.2. The van der Waals surface area contributed by atoms with E-state index in [1.165, 1.54) is 4.90 Å². The van der Waals surface area contributed by atoms with Crippen LogP contribution in [-0.4, -0.2) is 53.2 Å². The van der Waals surface area contributed by atoms with Gasteiger partial charge in [0.25, 0.3) is 10.1 Å². The van der Waals surface area contributed by atoms with Gasteiger partial charge in [0.1, 0.15) is 25.9 Å². The van der Waals surface area contributed by atoms with Crippen LogP contribution in [0.4, 0.5) is 10.5 Å². The maximum atomic E-state index is 11.9. The second kappa shape index (κ2) is 5.65. The number of cyclic esters (lactones) is 1. The van der Waals surface area contributed by atoms with Gasteiger partial charge in [0.05, 0.1) is 18.5 Å². The molecule has 1 saturated heterocycles. The standard InChI is InChI=1S/C13H15NO7S/c1-22(16,17)20-8-10-7-14(13(15)21-10)9-2-3-11-12(6-9)19-5-4-18-11/h2-3,6,10H,4-5,7-8H2,1H3. The number of rotatable bonds is 4. The number of carbonyl (C=O) groups is 1. The number of hydrogen-bond donors (Lipinski definition) is 0. The summed E-state index contributed by atoms with van der Waals surface area (Å²) in [6.07, 6.45) is -0.253. The number of nitrogens with zero attached hydrogens (tertiary/aromatic N) is 1. The van der Waals surface area contributed by atoms with Crippen molar-refractivity contribution in [1.29, 1.82) is 0 Å². The van der Waals surface area contributed by atoms with Crippen LogP contribution in [0.1, 0.15) is 0 Å². The Kier molecular flexibility index (Phi) is 3.83. The minimum absolute atomic E-state index is 0.202. The number of anilines is 1. The van der Waals surface area contributed by atoms with Crippen LogP contribution in [0, 0.1) is 0 Å². The van der Waals surface area contributed by atoms with Gasteiger partial charge in [-0.1, -0.05) is 0 Å². The average molecular weight is 329 g/mol. The first-order valence-corrected chi connectivity index (χ1v) is 8.46. The Bertz CT molecular complexity index is 688. The van der Waals surface area contributed by atoms with Crippen molar-refractivity contribution in [2.45, 2.75) is 6.10 Å². The van der Waals surface area contributed by atoms with Gasteiger partial charge in [-0.2, -0.15) is 8.42 Å². The first-order chi connectivity index (χ1) is 10.4. The van der Waals surface area contributed by atoms with Gasteiger partial charge >= 0.3 is 6.09 Å². The normalized spacial score (nSPS) is 20.9. The van der Waals surface area contributed by atoms with Crippen LogP contribution in [0.25, 0.3) is 0 Å². The lowest BCUT2D eigenvalue weighted by Crippen LogP contribution is -2.26. The molecule has 2 heterocycles. The maximum Gasteiger partial charge on any atom is 0.414 e. The van der Waals surface area contributed by atoms with E-state index in [1.807, 2.05) is 0 Å². The summed E-state index contributed by atoms with van der Waals surface area (Å²) in [5.41, 5.74) is 0.594. The van der Waals surface area contributed by atoms with Crippen molar-refractivity contribution in [2.75, 3.05) is 37.5 Å². The van der Waals surface area contributed by atoms with Crippen LogP contribution >= 0.6 is 0 Å². The number of hydrogen-bond acceptors (Lipinski definition) is 7. The summed E-state index contributed by atoms with van der Waals surface area (Å²) in [6.45, 7) is 0.939. The van der Waals surface area contributed by atoms with Gasteiger partial charge < -0.3 is 14.2 Å². The van der Waals surface area contributed by atoms with E-state index in [9.17, 15) is 13.2 Å². The molecule has 1 aromatic carbocycles. The SMILES string of the molecule is CS(=O)(=O)OCC1CN(c2ccc3c(c2)OCCO3)C(=O)O1. The Morgan fingerprint density at radius 1 is 1.27 bits per heavy atom. The van der Waals surface area contributed by atoms with E-state index < -0.39 is 22.3 Å². The third-order valence-corrected chi connectivity index (χ3v) is 3.74. The Morgan fingerprint density at radius 3 is 2.73 bits per heavy atom. The van der Waals surface area contributed by atoms with Crippen molar-refractivity contribution in [1.82, 2.24) is 0 Å². The quantitative estimate of drug-likeness (QED) is 0.753. The zero-order valence-electron chi connectivity index (χ0n) is 11.9. The van der Waals surface area contributed by atoms with Crippen LogP contribution < -0.4 is 14.4 Å². The topological polar surface area (TPSA) is 91.4 Å². The fourth-order valence-corrected chi connectivity index (χ4v) is 2.62. The van der Waals surface area contributed by atoms with Gasteiger partial charge in [-0.3, -0.25) is 9.08 Å². The number of ether oxygens (including phenoxy) is 3. The molecule has 2 aliphatic heterocycles. The Labute approximate surface area is 127 Å². The molecule has 22 heavy (non-hydrogen) atoms. The Hall–Kier alpha value is -2.00. The van der Waals surface area contributed by atoms with Crippen LogP contribution in [0.5, 0.6) is 11.5 Å². The first kappa shape index (κ1) is 14.9. The minimum atomic E-state index is -3.57. The van der Waals surface area contributed by atoms with Crippen molar-refractivity contribution in [2.24, 2.45) is 0 Å². The lowest BCUT2D eigenvalue weighted by molar-refractivity contribution is 0.107. The van der Waals surface area contributed by atoms with E-state index in [0.29, 0.717) is 30.4 Å². The summed E-state index contributed by atoms with van der Waals surface area (Å²) < 4.78 is 42.6. The zero-order chi connectivity index (χ0) is 15.7. The van der Waals surface area contributed by atoms with E-state index in [1.54, 1.807) is 18.2 Å². The second-order valence-corrected chi connectivity index (χ2v) is 6.58. The van der Waals surface area contributed by atoms with E-state index in [2.05, 4.69) is 4.18 Å². The lowest BCUT2D eigenvalue weighted by Gasteiger charge is -2.20. The molecule has 0 saturated carbocycles. The summed E-state index contributed by atoms with van der Waals surface area (Å²) in [7, 11) is -3.57. The van der Waals surface area contributed by atoms with E-state index in [-0.39, 0.29) is 13.2 Å². The second-order valence-electron chi connectivity index (χ2n) is 4.93. The highest BCUT2D eigenvalue weighted by Gasteiger charge is 2.33. The van der Waals surface area contributed by atoms with Crippen LogP contribution in [0.2, 0.25) is 0 Å². The largest absolute Gasteiger partial charge is 0.486 e. The predicted molar refractivity (Wildman–Crippen MR) is 75.8 cm³/mol. The molecule has 2 aliphatic rings. The van der Waals surface area contributed by atoms with Crippen molar-refractivity contribution >= 4 is 21.9 Å². The molecule has 120 valence electrons. The van der Waals surface area contributed by atoms with E-state index in [4.69, 9.17) is 14.2 Å². The molecule has 1 unspecified atom stereocenters. The molecular weight excluding hydrogens is 314 g/mol. The molecule has 0 aromatic heterocycles.